The number of aromatic amines is 2. The van der Waals surface area contributed by atoms with E-state index in [2.05, 4.69) is 86.2 Å². The molecule has 5 rings (SSSR count). The van der Waals surface area contributed by atoms with E-state index in [-0.39, 0.29) is 0 Å². The van der Waals surface area contributed by atoms with Crippen molar-refractivity contribution in [1.29, 1.82) is 0 Å². The van der Waals surface area contributed by atoms with Crippen LogP contribution in [0.25, 0.3) is 46.4 Å². The predicted octanol–water partition coefficient (Wildman–Crippen LogP) is 11.6. The number of rotatable bonds is 16. The molecule has 0 unspecified atom stereocenters. The molecule has 0 aliphatic carbocycles. The fourth-order valence-electron chi connectivity index (χ4n) is 6.70. The van der Waals surface area contributed by atoms with Crippen molar-refractivity contribution in [2.45, 2.75) is 130 Å². The lowest BCUT2D eigenvalue weighted by Crippen LogP contribution is -1.97. The van der Waals surface area contributed by atoms with Gasteiger partial charge in [-0.25, -0.2) is 9.97 Å². The maximum absolute atomic E-state index is 5.34. The first kappa shape index (κ1) is 32.0. The first-order valence-corrected chi connectivity index (χ1v) is 17.8. The van der Waals surface area contributed by atoms with Crippen LogP contribution in [0.2, 0.25) is 0 Å². The van der Waals surface area contributed by atoms with Gasteiger partial charge in [0.05, 0.1) is 22.8 Å². The number of hydrogen-bond acceptors (Lipinski definition) is 2. The smallest absolute Gasteiger partial charge is 0.0691 e. The Morgan fingerprint density at radius 1 is 0.386 bits per heavy atom. The van der Waals surface area contributed by atoms with Gasteiger partial charge in [-0.05, 0) is 105 Å². The monoisotopic (exact) mass is 590 g/mol. The molecule has 3 aromatic heterocycles. The zero-order chi connectivity index (χ0) is 30.7. The van der Waals surface area contributed by atoms with Gasteiger partial charge in [-0.15, -0.1) is 0 Å². The quantitative estimate of drug-likeness (QED) is 0.112. The van der Waals surface area contributed by atoms with Gasteiger partial charge < -0.3 is 9.97 Å². The predicted molar refractivity (Wildman–Crippen MR) is 192 cm³/mol. The van der Waals surface area contributed by atoms with Gasteiger partial charge in [-0.3, -0.25) is 0 Å². The number of unbranched alkanes of at least 4 members (excludes halogenated alkanes) is 8. The van der Waals surface area contributed by atoms with Crippen molar-refractivity contribution in [3.8, 4) is 0 Å². The van der Waals surface area contributed by atoms with Crippen LogP contribution >= 0.6 is 0 Å². The molecule has 234 valence electrons. The number of aryl methyl sites for hydroxylation is 3. The molecule has 2 N–H and O–H groups in total. The Morgan fingerprint density at radius 3 is 1.05 bits per heavy atom. The molecule has 0 aromatic carbocycles. The summed E-state index contributed by atoms with van der Waals surface area (Å²) < 4.78 is 0. The van der Waals surface area contributed by atoms with Crippen LogP contribution in [-0.2, 0) is 25.7 Å². The van der Waals surface area contributed by atoms with Gasteiger partial charge >= 0.3 is 0 Å². The van der Waals surface area contributed by atoms with Crippen molar-refractivity contribution in [2.24, 2.45) is 0 Å². The summed E-state index contributed by atoms with van der Waals surface area (Å²) in [5.74, 6) is 0. The van der Waals surface area contributed by atoms with E-state index in [0.29, 0.717) is 0 Å². The number of hydrogen-bond donors (Lipinski definition) is 2. The molecule has 3 aromatic rings. The molecule has 4 heteroatoms. The van der Waals surface area contributed by atoms with Crippen LogP contribution < -0.4 is 0 Å². The number of fused-ring (bicyclic) bond motifs is 8. The number of nitrogens with zero attached hydrogens (tertiary/aromatic N) is 2. The fourth-order valence-corrected chi connectivity index (χ4v) is 6.70. The van der Waals surface area contributed by atoms with Crippen molar-refractivity contribution in [3.05, 3.63) is 69.3 Å². The second-order valence-corrected chi connectivity index (χ2v) is 12.7. The molecule has 0 radical (unpaired) electrons. The molecule has 0 fully saturated rings. The largest absolute Gasteiger partial charge is 0.355 e. The van der Waals surface area contributed by atoms with E-state index in [0.717, 1.165) is 54.9 Å². The van der Waals surface area contributed by atoms with Crippen LogP contribution in [0.4, 0.5) is 0 Å². The third-order valence-corrected chi connectivity index (χ3v) is 9.31. The highest BCUT2D eigenvalue weighted by molar-refractivity contribution is 5.83. The Morgan fingerprint density at radius 2 is 0.682 bits per heavy atom. The molecule has 0 spiro atoms. The van der Waals surface area contributed by atoms with Crippen LogP contribution in [0.15, 0.2) is 24.3 Å². The van der Waals surface area contributed by atoms with Crippen LogP contribution in [0.5, 0.6) is 0 Å². The van der Waals surface area contributed by atoms with Crippen LogP contribution in [-0.4, -0.2) is 19.9 Å². The zero-order valence-corrected chi connectivity index (χ0v) is 27.8. The van der Waals surface area contributed by atoms with Gasteiger partial charge in [0.15, 0.2) is 0 Å². The van der Waals surface area contributed by atoms with E-state index in [1.54, 1.807) is 0 Å². The summed E-state index contributed by atoms with van der Waals surface area (Å²) in [6.07, 6.45) is 27.6. The third-order valence-electron chi connectivity index (χ3n) is 9.31. The second kappa shape index (κ2) is 16.1. The van der Waals surface area contributed by atoms with Crippen molar-refractivity contribution in [3.63, 3.8) is 0 Å². The minimum atomic E-state index is 1.01. The van der Waals surface area contributed by atoms with Gasteiger partial charge in [-0.2, -0.15) is 0 Å². The SMILES string of the molecule is CCCCCc1c2nc(c(CCCCC)c3ccc([nH]3)c(CCCCC)c3ccc([nH]3)c(CCCCC)c3nc1C=C3)C=C2. The minimum Gasteiger partial charge on any atom is -0.355 e. The zero-order valence-electron chi connectivity index (χ0n) is 27.8. The molecule has 0 amide bonds. The first-order chi connectivity index (χ1) is 21.7. The summed E-state index contributed by atoms with van der Waals surface area (Å²) in [5, 5.41) is 0. The van der Waals surface area contributed by atoms with Crippen molar-refractivity contribution in [1.82, 2.24) is 19.9 Å². The third kappa shape index (κ3) is 7.62. The van der Waals surface area contributed by atoms with Gasteiger partial charge in [0.2, 0.25) is 0 Å². The molecule has 0 saturated heterocycles. The summed E-state index contributed by atoms with van der Waals surface area (Å²) >= 11 is 0. The van der Waals surface area contributed by atoms with Gasteiger partial charge in [0.25, 0.3) is 0 Å². The van der Waals surface area contributed by atoms with Gasteiger partial charge in [-0.1, -0.05) is 79.1 Å². The maximum atomic E-state index is 5.34. The fraction of sp³-hybridized carbons (Fsp3) is 0.500. The summed E-state index contributed by atoms with van der Waals surface area (Å²) in [5.41, 5.74) is 14.6. The molecule has 8 bridgehead atoms. The highest BCUT2D eigenvalue weighted by Crippen LogP contribution is 2.30. The Hall–Kier alpha value is -3.40. The molecule has 44 heavy (non-hydrogen) atoms. The lowest BCUT2D eigenvalue weighted by molar-refractivity contribution is 0.712. The highest BCUT2D eigenvalue weighted by atomic mass is 14.8. The van der Waals surface area contributed by atoms with Gasteiger partial charge in [0.1, 0.15) is 0 Å². The average Bonchev–Trinajstić information content (AvgIpc) is 3.86. The van der Waals surface area contributed by atoms with E-state index >= 15 is 0 Å². The van der Waals surface area contributed by atoms with Crippen molar-refractivity contribution in [2.75, 3.05) is 0 Å². The molecule has 2 aliphatic rings. The molecule has 2 aliphatic heterocycles. The first-order valence-electron chi connectivity index (χ1n) is 17.8. The molecule has 5 heterocycles. The summed E-state index contributed by atoms with van der Waals surface area (Å²) in [7, 11) is 0. The summed E-state index contributed by atoms with van der Waals surface area (Å²) in [6.45, 7) is 9.12. The normalized spacial score (nSPS) is 12.5. The van der Waals surface area contributed by atoms with Crippen LogP contribution in [0.3, 0.4) is 0 Å². The summed E-state index contributed by atoms with van der Waals surface area (Å²) in [6, 6.07) is 9.20. The van der Waals surface area contributed by atoms with Crippen LogP contribution in [0.1, 0.15) is 150 Å². The van der Waals surface area contributed by atoms with E-state index < -0.39 is 0 Å². The van der Waals surface area contributed by atoms with E-state index in [4.69, 9.17) is 9.97 Å². The number of nitrogens with one attached hydrogen (secondary N) is 2. The van der Waals surface area contributed by atoms with Crippen molar-refractivity contribution < 1.29 is 0 Å². The Balaban J connectivity index is 1.82. The molecule has 4 nitrogen and oxygen atoms in total. The lowest BCUT2D eigenvalue weighted by Gasteiger charge is -2.06. The number of H-pyrrole nitrogens is 2. The topological polar surface area (TPSA) is 57.4 Å². The Labute approximate surface area is 265 Å². The Bertz CT molecular complexity index is 1510. The van der Waals surface area contributed by atoms with E-state index in [1.165, 1.54) is 115 Å². The van der Waals surface area contributed by atoms with E-state index in [1.807, 2.05) is 0 Å². The number of aromatic nitrogens is 4. The average molecular weight is 591 g/mol. The minimum absolute atomic E-state index is 1.01. The molecule has 0 saturated carbocycles. The van der Waals surface area contributed by atoms with Crippen LogP contribution in [0, 0.1) is 0 Å². The maximum Gasteiger partial charge on any atom is 0.0691 e. The molecular formula is C40H54N4. The highest BCUT2D eigenvalue weighted by Gasteiger charge is 2.16. The molecule has 0 atom stereocenters. The van der Waals surface area contributed by atoms with Crippen molar-refractivity contribution >= 4 is 46.4 Å². The molecular weight excluding hydrogens is 536 g/mol. The van der Waals surface area contributed by atoms with Gasteiger partial charge in [0, 0.05) is 38.8 Å². The lowest BCUT2D eigenvalue weighted by atomic mass is 10.0. The second-order valence-electron chi connectivity index (χ2n) is 12.7. The van der Waals surface area contributed by atoms with E-state index in [9.17, 15) is 0 Å². The standard InChI is InChI=1S/C40H54N4/c1-5-9-13-17-29-33-21-23-35(41-33)30(18-14-10-6-2)37-25-27-39(43-37)32(20-16-12-8-4)40-28-26-38(44-40)31(19-15-11-7-3)36-24-22-34(29)42-36/h21-28,41-42H,5-20H2,1-4H3. The Kier molecular flexibility index (Phi) is 11.7. The summed E-state index contributed by atoms with van der Waals surface area (Å²) in [4.78, 5) is 18.5.